The number of benzene rings is 2. The monoisotopic (exact) mass is 675 g/mol. The van der Waals surface area contributed by atoms with E-state index in [1.165, 1.54) is 6.92 Å². The molecule has 0 radical (unpaired) electrons. The van der Waals surface area contributed by atoms with Gasteiger partial charge in [-0.1, -0.05) is 12.1 Å². The molecule has 1 heterocycles. The third kappa shape index (κ3) is 11.4. The van der Waals surface area contributed by atoms with Gasteiger partial charge in [0, 0.05) is 39.3 Å². The number of fused-ring (bicyclic) bond motifs is 1. The molecule has 0 saturated carbocycles. The summed E-state index contributed by atoms with van der Waals surface area (Å²) in [6.07, 6.45) is 0.197. The van der Waals surface area contributed by atoms with Crippen LogP contribution in [0.3, 0.4) is 0 Å². The Hall–Kier alpha value is -3.95. The minimum atomic E-state index is -3.55. The van der Waals surface area contributed by atoms with Crippen LogP contribution in [-0.2, 0) is 51.7 Å². The maximum atomic E-state index is 13.3. The van der Waals surface area contributed by atoms with E-state index in [-0.39, 0.29) is 31.7 Å². The molecule has 0 aliphatic carbocycles. The van der Waals surface area contributed by atoms with Crippen LogP contribution in [0.25, 0.3) is 10.8 Å². The van der Waals surface area contributed by atoms with Gasteiger partial charge in [-0.15, -0.1) is 12.3 Å². The van der Waals surface area contributed by atoms with Gasteiger partial charge in [0.25, 0.3) is 0 Å². The molecule has 1 aliphatic heterocycles. The van der Waals surface area contributed by atoms with E-state index in [2.05, 4.69) is 11.2 Å². The summed E-state index contributed by atoms with van der Waals surface area (Å²) in [6.45, 7) is 7.11. The quantitative estimate of drug-likeness (QED) is 0.0822. The fourth-order valence-electron chi connectivity index (χ4n) is 5.11. The number of hydrogen-bond acceptors (Lipinski definition) is 12. The zero-order valence-corrected chi connectivity index (χ0v) is 28.1. The van der Waals surface area contributed by atoms with Crippen LogP contribution in [-0.4, -0.2) is 73.9 Å². The average molecular weight is 676 g/mol. The summed E-state index contributed by atoms with van der Waals surface area (Å²) in [5.41, 5.74) is 0.613. The number of anilines is 1. The molecular formula is C33H42NO12P. The zero-order valence-electron chi connectivity index (χ0n) is 27.2. The highest BCUT2D eigenvalue weighted by atomic mass is 31.2. The zero-order chi connectivity index (χ0) is 34.6. The molecule has 3 rings (SSSR count). The highest BCUT2D eigenvalue weighted by Gasteiger charge is 2.53. The van der Waals surface area contributed by atoms with Crippen LogP contribution in [0.1, 0.15) is 60.3 Å². The number of ether oxygens (including phenoxy) is 5. The largest absolute Gasteiger partial charge is 0.461 e. The van der Waals surface area contributed by atoms with Gasteiger partial charge in [0.05, 0.1) is 19.4 Å². The maximum absolute atomic E-state index is 13.3. The van der Waals surface area contributed by atoms with E-state index in [0.29, 0.717) is 30.7 Å². The van der Waals surface area contributed by atoms with Gasteiger partial charge in [0.15, 0.2) is 12.2 Å². The summed E-state index contributed by atoms with van der Waals surface area (Å²) in [6, 6.07) is 10.5. The van der Waals surface area contributed by atoms with Gasteiger partial charge < -0.3 is 38.0 Å². The molecule has 1 fully saturated rings. The first-order valence-electron chi connectivity index (χ1n) is 15.4. The molecule has 1 amide bonds. The number of amides is 1. The number of unbranched alkanes of at least 4 members (excludes halogenated alkanes) is 1. The first-order valence-corrected chi connectivity index (χ1v) is 17.1. The van der Waals surface area contributed by atoms with Crippen LogP contribution in [0.5, 0.6) is 5.75 Å². The number of terminal acetylenes is 1. The summed E-state index contributed by atoms with van der Waals surface area (Å²) in [5.74, 6) is 0.507. The number of carbonyl (C=O) groups is 4. The van der Waals surface area contributed by atoms with Crippen LogP contribution < -0.4 is 10.1 Å². The molecule has 0 aromatic heterocycles. The van der Waals surface area contributed by atoms with Crippen molar-refractivity contribution in [2.24, 2.45) is 0 Å². The van der Waals surface area contributed by atoms with Crippen LogP contribution in [0.2, 0.25) is 0 Å². The average Bonchev–Trinajstić information content (AvgIpc) is 2.99. The van der Waals surface area contributed by atoms with Crippen LogP contribution >= 0.6 is 7.60 Å². The standard InChI is InChI=1S/C33H42NO12P/c1-7-10-11-12-29(38)34-26-15-13-25-20-27(16-14-24(25)19-26)45-33-32(44-23(6)37)31(43-22(5)36)30(42-21(4)35)28(46-33)17-18-47(39,40-8-2)41-9-3/h1,13-16,19-20,28,30-33H,8-12,17-18H2,2-6H3,(H,34,38)/t28-,30-,31+,32+,33+/m1/s1. The highest BCUT2D eigenvalue weighted by molar-refractivity contribution is 7.53. The van der Waals surface area contributed by atoms with E-state index in [0.717, 1.165) is 24.6 Å². The Balaban J connectivity index is 1.93. The van der Waals surface area contributed by atoms with Crippen molar-refractivity contribution in [3.05, 3.63) is 36.4 Å². The molecule has 2 aromatic rings. The number of nitrogens with one attached hydrogen (secondary N) is 1. The van der Waals surface area contributed by atoms with E-state index in [9.17, 15) is 23.7 Å². The molecule has 0 bridgehead atoms. The molecule has 13 nitrogen and oxygen atoms in total. The number of rotatable bonds is 16. The molecule has 2 aromatic carbocycles. The molecule has 5 atom stereocenters. The van der Waals surface area contributed by atoms with Gasteiger partial charge in [-0.2, -0.15) is 0 Å². The minimum Gasteiger partial charge on any atom is -0.461 e. The fraction of sp³-hybridized carbons (Fsp3) is 0.515. The fourth-order valence-corrected chi connectivity index (χ4v) is 6.80. The molecule has 1 saturated heterocycles. The van der Waals surface area contributed by atoms with E-state index in [1.54, 1.807) is 44.2 Å². The van der Waals surface area contributed by atoms with Crippen molar-refractivity contribution in [3.8, 4) is 18.1 Å². The van der Waals surface area contributed by atoms with Gasteiger partial charge in [-0.25, -0.2) is 0 Å². The SMILES string of the molecule is C#CCCCC(=O)Nc1ccc2cc(O[C@H]3O[C@H](CCP(=O)(OCC)OCC)[C@@H](OC(C)=O)[C@H](OC(C)=O)[C@@H]3OC(C)=O)ccc2c1. The van der Waals surface area contributed by atoms with E-state index >= 15 is 0 Å². The Morgan fingerprint density at radius 2 is 1.47 bits per heavy atom. The van der Waals surface area contributed by atoms with Crippen LogP contribution in [0.15, 0.2) is 36.4 Å². The summed E-state index contributed by atoms with van der Waals surface area (Å²) in [7, 11) is -3.55. The Morgan fingerprint density at radius 1 is 0.872 bits per heavy atom. The van der Waals surface area contributed by atoms with Crippen molar-refractivity contribution in [1.29, 1.82) is 0 Å². The van der Waals surface area contributed by atoms with Gasteiger partial charge >= 0.3 is 25.5 Å². The Labute approximate surface area is 274 Å². The summed E-state index contributed by atoms with van der Waals surface area (Å²) < 4.78 is 53.2. The molecular weight excluding hydrogens is 633 g/mol. The van der Waals surface area contributed by atoms with Gasteiger partial charge in [0.2, 0.25) is 18.3 Å². The normalized spacial score (nSPS) is 20.9. The van der Waals surface area contributed by atoms with Crippen molar-refractivity contribution >= 4 is 47.9 Å². The lowest BCUT2D eigenvalue weighted by molar-refractivity contribution is -0.283. The first-order chi connectivity index (χ1) is 22.4. The van der Waals surface area contributed by atoms with Crippen molar-refractivity contribution in [1.82, 2.24) is 0 Å². The lowest BCUT2D eigenvalue weighted by Gasteiger charge is -2.44. The van der Waals surface area contributed by atoms with E-state index in [1.807, 2.05) is 6.07 Å². The lowest BCUT2D eigenvalue weighted by atomic mass is 9.96. The van der Waals surface area contributed by atoms with Crippen molar-refractivity contribution in [2.45, 2.75) is 91.0 Å². The third-order valence-corrected chi connectivity index (χ3v) is 9.02. The Kier molecular flexibility index (Phi) is 14.2. The summed E-state index contributed by atoms with van der Waals surface area (Å²) >= 11 is 0. The van der Waals surface area contributed by atoms with Gasteiger partial charge in [-0.3, -0.25) is 23.7 Å². The number of esters is 3. The number of hydrogen-bond donors (Lipinski definition) is 1. The molecule has 1 N–H and O–H groups in total. The second kappa shape index (κ2) is 17.8. The second-order valence-electron chi connectivity index (χ2n) is 10.7. The summed E-state index contributed by atoms with van der Waals surface area (Å²) in [4.78, 5) is 48.9. The summed E-state index contributed by atoms with van der Waals surface area (Å²) in [5, 5.41) is 4.41. The topological polar surface area (TPSA) is 162 Å². The third-order valence-electron chi connectivity index (χ3n) is 6.91. The van der Waals surface area contributed by atoms with Crippen molar-refractivity contribution in [3.63, 3.8) is 0 Å². The van der Waals surface area contributed by atoms with E-state index < -0.39 is 56.2 Å². The number of carbonyl (C=O) groups excluding carboxylic acids is 4. The maximum Gasteiger partial charge on any atom is 0.330 e. The molecule has 0 unspecified atom stereocenters. The molecule has 47 heavy (non-hydrogen) atoms. The van der Waals surface area contributed by atoms with Gasteiger partial charge in [-0.05, 0) is 61.7 Å². The minimum absolute atomic E-state index is 0.0193. The molecule has 256 valence electrons. The molecule has 14 heteroatoms. The Bertz CT molecular complexity index is 1490. The highest BCUT2D eigenvalue weighted by Crippen LogP contribution is 2.49. The van der Waals surface area contributed by atoms with Crippen molar-refractivity contribution in [2.75, 3.05) is 24.7 Å². The van der Waals surface area contributed by atoms with Crippen LogP contribution in [0, 0.1) is 12.3 Å². The second-order valence-corrected chi connectivity index (χ2v) is 12.9. The van der Waals surface area contributed by atoms with Gasteiger partial charge in [0.1, 0.15) is 11.9 Å². The molecule has 0 spiro atoms. The molecule has 1 aliphatic rings. The smallest absolute Gasteiger partial charge is 0.330 e. The predicted molar refractivity (Wildman–Crippen MR) is 172 cm³/mol. The first kappa shape index (κ1) is 37.5. The lowest BCUT2D eigenvalue weighted by Crippen LogP contribution is -2.62. The van der Waals surface area contributed by atoms with E-state index in [4.69, 9.17) is 39.2 Å². The van der Waals surface area contributed by atoms with Crippen LogP contribution in [0.4, 0.5) is 5.69 Å². The Morgan fingerprint density at radius 3 is 2.09 bits per heavy atom. The predicted octanol–water partition coefficient (Wildman–Crippen LogP) is 5.14. The van der Waals surface area contributed by atoms with Crippen molar-refractivity contribution < 1.29 is 56.5 Å².